The Morgan fingerprint density at radius 3 is 2.70 bits per heavy atom. The van der Waals surface area contributed by atoms with Gasteiger partial charge in [-0.05, 0) is 6.42 Å². The largest absolute Gasteiger partial charge is 0.390 e. The number of nitrogens with zero attached hydrogens (tertiary/aromatic N) is 1. The van der Waals surface area contributed by atoms with Crippen LogP contribution in [0.5, 0.6) is 0 Å². The fourth-order valence-electron chi connectivity index (χ4n) is 0.576. The maximum Gasteiger partial charge on any atom is 0.0823 e. The lowest BCUT2D eigenvalue weighted by atomic mass is 10.4. The molecule has 60 valence electrons. The first kappa shape index (κ1) is 10.2. The van der Waals surface area contributed by atoms with Gasteiger partial charge in [-0.1, -0.05) is 29.2 Å². The molecule has 0 rings (SSSR count). The van der Waals surface area contributed by atoms with Crippen LogP contribution in [0.1, 0.15) is 6.42 Å². The average molecular weight is 255 g/mol. The normalized spacial score (nSPS) is 9.50. The monoisotopic (exact) mass is 255 g/mol. The Hall–Kier alpha value is 0.230. The standard InChI is InChI=1S/C7H14INO/c1-7(6-10)9(2)5-3-4-8/h10H,1,3-6H2,2H3. The molecule has 0 aromatic heterocycles. The van der Waals surface area contributed by atoms with E-state index in [2.05, 4.69) is 29.2 Å². The van der Waals surface area contributed by atoms with Crippen molar-refractivity contribution in [3.8, 4) is 0 Å². The highest BCUT2D eigenvalue weighted by Gasteiger charge is 1.97. The summed E-state index contributed by atoms with van der Waals surface area (Å²) in [6.45, 7) is 4.76. The molecule has 0 aromatic carbocycles. The van der Waals surface area contributed by atoms with Crippen molar-refractivity contribution in [1.29, 1.82) is 0 Å². The van der Waals surface area contributed by atoms with Crippen molar-refractivity contribution in [2.24, 2.45) is 0 Å². The van der Waals surface area contributed by atoms with Crippen molar-refractivity contribution in [3.05, 3.63) is 12.3 Å². The predicted octanol–water partition coefficient (Wildman–Crippen LogP) is 1.25. The van der Waals surface area contributed by atoms with Crippen LogP contribution in [-0.2, 0) is 0 Å². The van der Waals surface area contributed by atoms with E-state index in [9.17, 15) is 0 Å². The Morgan fingerprint density at radius 2 is 2.30 bits per heavy atom. The minimum Gasteiger partial charge on any atom is -0.390 e. The molecule has 0 amide bonds. The molecule has 0 fully saturated rings. The topological polar surface area (TPSA) is 23.5 Å². The first-order chi connectivity index (χ1) is 4.72. The quantitative estimate of drug-likeness (QED) is 0.590. The molecule has 1 N–H and O–H groups in total. The van der Waals surface area contributed by atoms with Gasteiger partial charge in [-0.25, -0.2) is 0 Å². The molecule has 0 aliphatic carbocycles. The average Bonchev–Trinajstić information content (AvgIpc) is 1.98. The third-order valence-corrected chi connectivity index (χ3v) is 2.11. The van der Waals surface area contributed by atoms with Crippen molar-refractivity contribution in [3.63, 3.8) is 0 Å². The van der Waals surface area contributed by atoms with Gasteiger partial charge in [-0.15, -0.1) is 0 Å². The first-order valence-corrected chi connectivity index (χ1v) is 4.80. The van der Waals surface area contributed by atoms with E-state index in [-0.39, 0.29) is 6.61 Å². The Morgan fingerprint density at radius 1 is 1.70 bits per heavy atom. The van der Waals surface area contributed by atoms with E-state index in [0.717, 1.165) is 23.1 Å². The van der Waals surface area contributed by atoms with E-state index < -0.39 is 0 Å². The SMILES string of the molecule is C=C(CO)N(C)CCCI. The zero-order valence-corrected chi connectivity index (χ0v) is 8.47. The summed E-state index contributed by atoms with van der Waals surface area (Å²) < 4.78 is 1.15. The molecule has 2 nitrogen and oxygen atoms in total. The minimum absolute atomic E-state index is 0.0672. The fourth-order valence-corrected chi connectivity index (χ4v) is 0.917. The van der Waals surface area contributed by atoms with Gasteiger partial charge in [0.05, 0.1) is 6.61 Å². The van der Waals surface area contributed by atoms with Crippen LogP contribution in [0.3, 0.4) is 0 Å². The number of likely N-dealkylation sites (N-methyl/N-ethyl adjacent to an activating group) is 1. The van der Waals surface area contributed by atoms with Crippen LogP contribution in [0.15, 0.2) is 12.3 Å². The van der Waals surface area contributed by atoms with E-state index in [0.29, 0.717) is 0 Å². The summed E-state index contributed by atoms with van der Waals surface area (Å²) in [5, 5.41) is 8.66. The lowest BCUT2D eigenvalue weighted by Gasteiger charge is -2.18. The van der Waals surface area contributed by atoms with Gasteiger partial charge in [0.1, 0.15) is 0 Å². The molecule has 0 aliphatic rings. The van der Waals surface area contributed by atoms with Gasteiger partial charge in [0, 0.05) is 23.7 Å². The molecule has 0 spiro atoms. The van der Waals surface area contributed by atoms with Crippen molar-refractivity contribution < 1.29 is 5.11 Å². The highest BCUT2D eigenvalue weighted by Crippen LogP contribution is 1.98. The summed E-state index contributed by atoms with van der Waals surface area (Å²) >= 11 is 2.34. The Labute approximate surface area is 76.1 Å². The second-order valence-electron chi connectivity index (χ2n) is 2.19. The van der Waals surface area contributed by atoms with E-state index in [1.54, 1.807) is 0 Å². The van der Waals surface area contributed by atoms with E-state index in [1.165, 1.54) is 0 Å². The predicted molar refractivity (Wildman–Crippen MR) is 52.4 cm³/mol. The number of aliphatic hydroxyl groups is 1. The molecule has 0 aliphatic heterocycles. The molecule has 0 aromatic rings. The molecule has 0 saturated carbocycles. The third kappa shape index (κ3) is 4.11. The number of rotatable bonds is 5. The zero-order chi connectivity index (χ0) is 7.98. The van der Waals surface area contributed by atoms with Gasteiger partial charge in [-0.2, -0.15) is 0 Å². The van der Waals surface area contributed by atoms with Gasteiger partial charge in [0.15, 0.2) is 0 Å². The third-order valence-electron chi connectivity index (χ3n) is 1.35. The number of aliphatic hydroxyl groups excluding tert-OH is 1. The Bertz CT molecular complexity index is 106. The van der Waals surface area contributed by atoms with Crippen LogP contribution in [-0.4, -0.2) is 34.6 Å². The molecule has 0 bridgehead atoms. The van der Waals surface area contributed by atoms with Crippen LogP contribution in [0.4, 0.5) is 0 Å². The first-order valence-electron chi connectivity index (χ1n) is 3.28. The molecule has 10 heavy (non-hydrogen) atoms. The highest BCUT2D eigenvalue weighted by molar-refractivity contribution is 14.1. The summed E-state index contributed by atoms with van der Waals surface area (Å²) in [6, 6.07) is 0. The summed E-state index contributed by atoms with van der Waals surface area (Å²) in [5.74, 6) is 0. The van der Waals surface area contributed by atoms with E-state index >= 15 is 0 Å². The number of hydrogen-bond donors (Lipinski definition) is 1. The fraction of sp³-hybridized carbons (Fsp3) is 0.714. The Balaban J connectivity index is 3.41. The van der Waals surface area contributed by atoms with Gasteiger partial charge in [-0.3, -0.25) is 0 Å². The highest BCUT2D eigenvalue weighted by atomic mass is 127. The summed E-state index contributed by atoms with van der Waals surface area (Å²) in [6.07, 6.45) is 1.15. The van der Waals surface area contributed by atoms with Crippen molar-refractivity contribution in [2.75, 3.05) is 24.6 Å². The molecular formula is C7H14INO. The summed E-state index contributed by atoms with van der Waals surface area (Å²) in [4.78, 5) is 1.98. The van der Waals surface area contributed by atoms with Crippen molar-refractivity contribution >= 4 is 22.6 Å². The molecule has 0 heterocycles. The molecule has 3 heteroatoms. The maximum atomic E-state index is 8.66. The number of hydrogen-bond acceptors (Lipinski definition) is 2. The Kier molecular flexibility index (Phi) is 6.11. The van der Waals surface area contributed by atoms with E-state index in [4.69, 9.17) is 5.11 Å². The molecular weight excluding hydrogens is 241 g/mol. The van der Waals surface area contributed by atoms with E-state index in [1.807, 2.05) is 11.9 Å². The zero-order valence-electron chi connectivity index (χ0n) is 6.31. The maximum absolute atomic E-state index is 8.66. The molecule has 0 saturated heterocycles. The second-order valence-corrected chi connectivity index (χ2v) is 3.27. The van der Waals surface area contributed by atoms with Crippen LogP contribution in [0.2, 0.25) is 0 Å². The van der Waals surface area contributed by atoms with Crippen LogP contribution < -0.4 is 0 Å². The molecule has 0 unspecified atom stereocenters. The van der Waals surface area contributed by atoms with Gasteiger partial charge in [0.2, 0.25) is 0 Å². The van der Waals surface area contributed by atoms with Crippen LogP contribution in [0.25, 0.3) is 0 Å². The lowest BCUT2D eigenvalue weighted by Crippen LogP contribution is -2.20. The molecule has 0 atom stereocenters. The van der Waals surface area contributed by atoms with Crippen LogP contribution >= 0.6 is 22.6 Å². The lowest BCUT2D eigenvalue weighted by molar-refractivity contribution is 0.276. The summed E-state index contributed by atoms with van der Waals surface area (Å²) in [5.41, 5.74) is 0.796. The second kappa shape index (κ2) is 5.97. The molecule has 0 radical (unpaired) electrons. The van der Waals surface area contributed by atoms with Gasteiger partial charge >= 0.3 is 0 Å². The number of alkyl halides is 1. The number of halogens is 1. The van der Waals surface area contributed by atoms with Crippen molar-refractivity contribution in [1.82, 2.24) is 4.90 Å². The van der Waals surface area contributed by atoms with Gasteiger partial charge < -0.3 is 10.0 Å². The van der Waals surface area contributed by atoms with Gasteiger partial charge in [0.25, 0.3) is 0 Å². The van der Waals surface area contributed by atoms with Crippen LogP contribution in [0, 0.1) is 0 Å². The van der Waals surface area contributed by atoms with Crippen molar-refractivity contribution in [2.45, 2.75) is 6.42 Å². The smallest absolute Gasteiger partial charge is 0.0823 e. The summed E-state index contributed by atoms with van der Waals surface area (Å²) in [7, 11) is 1.95. The minimum atomic E-state index is 0.0672.